The molecular weight excluding hydrogens is 634 g/mol. The molecule has 0 aromatic heterocycles. The van der Waals surface area contributed by atoms with Crippen LogP contribution in [0.15, 0.2) is 34.0 Å². The van der Waals surface area contributed by atoms with E-state index in [0.717, 1.165) is 5.56 Å². The molecule has 1 heterocycles. The summed E-state index contributed by atoms with van der Waals surface area (Å²) in [4.78, 5) is 62.2. The van der Waals surface area contributed by atoms with Crippen LogP contribution in [0.4, 0.5) is 0 Å². The largest absolute Gasteiger partial charge is 0.492 e. The lowest BCUT2D eigenvalue weighted by molar-refractivity contribution is -0.280. The van der Waals surface area contributed by atoms with Crippen molar-refractivity contribution in [2.75, 3.05) is 20.5 Å². The van der Waals surface area contributed by atoms with Crippen molar-refractivity contribution in [2.45, 2.75) is 89.1 Å². The number of methoxy groups -OCH3 is 2. The summed E-state index contributed by atoms with van der Waals surface area (Å²) < 4.78 is 40.7. The molecule has 1 aliphatic heterocycles. The average Bonchev–Trinajstić information content (AvgIpc) is 3.23. The van der Waals surface area contributed by atoms with Gasteiger partial charge in [-0.1, -0.05) is 6.07 Å². The number of hydrogen-bond donors (Lipinski definition) is 1. The van der Waals surface area contributed by atoms with E-state index in [4.69, 9.17) is 33.2 Å². The van der Waals surface area contributed by atoms with E-state index < -0.39 is 54.7 Å². The fourth-order valence-electron chi connectivity index (χ4n) is 5.99. The predicted octanol–water partition coefficient (Wildman–Crippen LogP) is 3.50. The van der Waals surface area contributed by atoms with Crippen molar-refractivity contribution < 1.29 is 52.3 Å². The molecule has 13 nitrogen and oxygen atoms in total. The zero-order chi connectivity index (χ0) is 34.6. The van der Waals surface area contributed by atoms with Crippen molar-refractivity contribution in [1.29, 1.82) is 0 Å². The lowest BCUT2D eigenvalue weighted by atomic mass is 9.95. The normalized spacial score (nSPS) is 23.1. The summed E-state index contributed by atoms with van der Waals surface area (Å²) in [5, 5.41) is 2.97. The molecule has 1 fully saturated rings. The van der Waals surface area contributed by atoms with E-state index in [1.54, 1.807) is 25.1 Å². The van der Waals surface area contributed by atoms with E-state index >= 15 is 0 Å². The van der Waals surface area contributed by atoms with E-state index in [-0.39, 0.29) is 28.6 Å². The Morgan fingerprint density at radius 1 is 0.872 bits per heavy atom. The van der Waals surface area contributed by atoms with Crippen LogP contribution in [0.2, 0.25) is 0 Å². The first-order valence-electron chi connectivity index (χ1n) is 14.9. The minimum atomic E-state index is -1.35. The van der Waals surface area contributed by atoms with Crippen molar-refractivity contribution in [2.24, 2.45) is 0 Å². The Kier molecular flexibility index (Phi) is 11.4. The second-order valence-corrected chi connectivity index (χ2v) is 11.9. The summed E-state index contributed by atoms with van der Waals surface area (Å²) in [6.45, 7) is 6.57. The van der Waals surface area contributed by atoms with Gasteiger partial charge in [0.1, 0.15) is 0 Å². The highest BCUT2D eigenvalue weighted by molar-refractivity contribution is 7.98. The summed E-state index contributed by atoms with van der Waals surface area (Å²) in [7, 11) is 2.89. The summed E-state index contributed by atoms with van der Waals surface area (Å²) in [6, 6.07) is 6.35. The van der Waals surface area contributed by atoms with Gasteiger partial charge in [0.15, 0.2) is 29.1 Å². The highest BCUT2D eigenvalue weighted by Crippen LogP contribution is 2.51. The Hall–Kier alpha value is -4.30. The highest BCUT2D eigenvalue weighted by atomic mass is 32.2. The lowest BCUT2D eigenvalue weighted by Crippen LogP contribution is -2.62. The number of ether oxygens (including phenoxy) is 7. The van der Waals surface area contributed by atoms with E-state index in [2.05, 4.69) is 5.32 Å². The molecule has 1 amide bonds. The molecule has 2 aromatic carbocycles. The van der Waals surface area contributed by atoms with Crippen molar-refractivity contribution in [3.63, 3.8) is 0 Å². The number of nitrogens with one attached hydrogen (secondary N) is 1. The number of esters is 3. The van der Waals surface area contributed by atoms with Gasteiger partial charge in [-0.2, -0.15) is 0 Å². The minimum Gasteiger partial charge on any atom is -0.492 e. The van der Waals surface area contributed by atoms with Crippen molar-refractivity contribution in [1.82, 2.24) is 5.32 Å². The molecule has 2 aliphatic rings. The zero-order valence-electron chi connectivity index (χ0n) is 27.5. The fraction of sp³-hybridized carbons (Fsp3) is 0.485. The maximum atomic E-state index is 13.1. The van der Waals surface area contributed by atoms with Crippen molar-refractivity contribution in [3.8, 4) is 28.4 Å². The molecule has 1 saturated heterocycles. The Morgan fingerprint density at radius 2 is 1.49 bits per heavy atom. The third-order valence-electron chi connectivity index (χ3n) is 7.75. The third-order valence-corrected chi connectivity index (χ3v) is 8.53. The Balaban J connectivity index is 1.89. The third kappa shape index (κ3) is 7.82. The molecule has 0 bridgehead atoms. The van der Waals surface area contributed by atoms with E-state index in [1.165, 1.54) is 53.7 Å². The monoisotopic (exact) mass is 673 g/mol. The molecule has 6 atom stereocenters. The molecule has 14 heteroatoms. The number of benzene rings is 1. The summed E-state index contributed by atoms with van der Waals surface area (Å²) in [6.07, 6.45) is -3.24. The van der Waals surface area contributed by atoms with E-state index in [1.807, 2.05) is 12.3 Å². The van der Waals surface area contributed by atoms with Gasteiger partial charge in [0.25, 0.3) is 0 Å². The molecule has 2 aromatic rings. The standard InChI is InChI=1S/C33H39NO12S/c1-15-28(43-17(3)36)31(44-18(4)37)32(45-19(5)38)33(42-15)46-25-13-20-9-11-23(34-16(2)35)22-14-24(39)26(47-8)12-10-21(22)27(20)30(41-7)29(25)40-6/h10,12-15,23,28,31-33H,9,11H2,1-8H3,(H,34,35)/t15-,23-,28-,31+,32+,33+/m0/s1. The van der Waals surface area contributed by atoms with Gasteiger partial charge in [0.2, 0.25) is 24.1 Å². The minimum absolute atomic E-state index is 0.152. The molecule has 254 valence electrons. The van der Waals surface area contributed by atoms with Crippen molar-refractivity contribution >= 4 is 35.6 Å². The van der Waals surface area contributed by atoms with Gasteiger partial charge in [0.05, 0.1) is 31.3 Å². The van der Waals surface area contributed by atoms with Crippen LogP contribution in [0.1, 0.15) is 58.2 Å². The van der Waals surface area contributed by atoms with Crippen LogP contribution in [0, 0.1) is 0 Å². The SMILES string of the molecule is COc1c(O[C@H]2O[C@@H](C)[C@H](OC(C)=O)[C@@H](OC(C)=O)[C@H]2OC(C)=O)cc2c(c1OC)-c1ccc(SC)c(=O)cc1[C@@H](NC(C)=O)CC2. The van der Waals surface area contributed by atoms with Crippen LogP contribution in [0.5, 0.6) is 17.2 Å². The number of thioether (sulfide) groups is 1. The average molecular weight is 674 g/mol. The van der Waals surface area contributed by atoms with Gasteiger partial charge < -0.3 is 38.5 Å². The zero-order valence-corrected chi connectivity index (χ0v) is 28.3. The van der Waals surface area contributed by atoms with Crippen LogP contribution in [-0.4, -0.2) is 75.0 Å². The van der Waals surface area contributed by atoms with Gasteiger partial charge in [-0.3, -0.25) is 24.0 Å². The van der Waals surface area contributed by atoms with Crippen LogP contribution < -0.4 is 25.0 Å². The van der Waals surface area contributed by atoms with Gasteiger partial charge in [0, 0.05) is 33.3 Å². The number of carbonyl (C=O) groups is 4. The second-order valence-electron chi connectivity index (χ2n) is 11.1. The first-order valence-corrected chi connectivity index (χ1v) is 16.1. The molecule has 4 rings (SSSR count). The van der Waals surface area contributed by atoms with Crippen LogP contribution >= 0.6 is 11.8 Å². The van der Waals surface area contributed by atoms with Crippen LogP contribution in [0.3, 0.4) is 0 Å². The van der Waals surface area contributed by atoms with Crippen molar-refractivity contribution in [3.05, 3.63) is 45.6 Å². The smallest absolute Gasteiger partial charge is 0.303 e. The number of carbonyl (C=O) groups excluding carboxylic acids is 4. The van der Waals surface area contributed by atoms with Gasteiger partial charge in [-0.25, -0.2) is 0 Å². The van der Waals surface area contributed by atoms with Crippen LogP contribution in [-0.2, 0) is 44.5 Å². The lowest BCUT2D eigenvalue weighted by Gasteiger charge is -2.43. The Bertz CT molecular complexity index is 1610. The Labute approximate surface area is 276 Å². The molecule has 0 spiro atoms. The predicted molar refractivity (Wildman–Crippen MR) is 170 cm³/mol. The number of fused-ring (bicyclic) bond motifs is 3. The van der Waals surface area contributed by atoms with Gasteiger partial charge in [-0.05, 0) is 60.9 Å². The highest BCUT2D eigenvalue weighted by Gasteiger charge is 2.52. The molecular formula is C33H39NO12S. The molecule has 47 heavy (non-hydrogen) atoms. The molecule has 0 unspecified atom stereocenters. The summed E-state index contributed by atoms with van der Waals surface area (Å²) >= 11 is 1.32. The fourth-order valence-corrected chi connectivity index (χ4v) is 6.45. The van der Waals surface area contributed by atoms with E-state index in [0.29, 0.717) is 34.4 Å². The maximum Gasteiger partial charge on any atom is 0.303 e. The molecule has 1 N–H and O–H groups in total. The van der Waals surface area contributed by atoms with Crippen LogP contribution in [0.25, 0.3) is 11.1 Å². The second kappa shape index (κ2) is 15.1. The Morgan fingerprint density at radius 3 is 2.06 bits per heavy atom. The topological polar surface area (TPSA) is 162 Å². The summed E-state index contributed by atoms with van der Waals surface area (Å²) in [5.74, 6) is -1.72. The number of aryl methyl sites for hydroxylation is 1. The number of hydrogen-bond acceptors (Lipinski definition) is 13. The van der Waals surface area contributed by atoms with E-state index in [9.17, 15) is 24.0 Å². The number of amides is 1. The first kappa shape index (κ1) is 35.6. The quantitative estimate of drug-likeness (QED) is 0.234. The maximum absolute atomic E-state index is 13.1. The molecule has 1 aliphatic carbocycles. The van der Waals surface area contributed by atoms with Gasteiger partial charge >= 0.3 is 17.9 Å². The molecule has 0 radical (unpaired) electrons. The molecule has 0 saturated carbocycles. The first-order chi connectivity index (χ1) is 22.3. The van der Waals surface area contributed by atoms with Gasteiger partial charge in [-0.15, -0.1) is 11.8 Å². The number of rotatable bonds is 9. The summed E-state index contributed by atoms with van der Waals surface area (Å²) in [5.41, 5.74) is 2.49.